The van der Waals surface area contributed by atoms with Crippen LogP contribution < -0.4 is 15.8 Å². The van der Waals surface area contributed by atoms with E-state index < -0.39 is 5.91 Å². The summed E-state index contributed by atoms with van der Waals surface area (Å²) in [5.41, 5.74) is 8.75. The van der Waals surface area contributed by atoms with Crippen LogP contribution in [0.3, 0.4) is 0 Å². The summed E-state index contributed by atoms with van der Waals surface area (Å²) >= 11 is 1.69. The van der Waals surface area contributed by atoms with Gasteiger partial charge in [-0.05, 0) is 29.8 Å². The number of methoxy groups -OCH3 is 1. The number of nitrogens with two attached hydrogens (primary N) is 1. The number of fused-ring (bicyclic) bond motifs is 1. The van der Waals surface area contributed by atoms with Crippen LogP contribution in [0.5, 0.6) is 5.75 Å². The van der Waals surface area contributed by atoms with Crippen LogP contribution in [0.4, 0.5) is 5.69 Å². The van der Waals surface area contributed by atoms with Crippen molar-refractivity contribution in [1.82, 2.24) is 0 Å². The summed E-state index contributed by atoms with van der Waals surface area (Å²) in [7, 11) is 1.61. The van der Waals surface area contributed by atoms with Gasteiger partial charge in [0.15, 0.2) is 0 Å². The van der Waals surface area contributed by atoms with Crippen LogP contribution in [-0.4, -0.2) is 18.8 Å². The molecule has 5 heteroatoms. The molecule has 0 unspecified atom stereocenters. The normalized spacial score (nSPS) is 15.5. The number of carbonyl (C=O) groups excluding carboxylic acids is 1. The Morgan fingerprint density at radius 3 is 2.59 bits per heavy atom. The van der Waals surface area contributed by atoms with E-state index in [4.69, 9.17) is 10.5 Å². The molecular formula is C17H16N2O2S. The Kier molecular flexibility index (Phi) is 4.06. The molecule has 0 atom stereocenters. The van der Waals surface area contributed by atoms with Gasteiger partial charge in [0, 0.05) is 16.3 Å². The molecule has 4 nitrogen and oxygen atoms in total. The largest absolute Gasteiger partial charge is 0.497 e. The maximum atomic E-state index is 11.9. The molecule has 22 heavy (non-hydrogen) atoms. The van der Waals surface area contributed by atoms with Gasteiger partial charge in [0.05, 0.1) is 18.4 Å². The third kappa shape index (κ3) is 2.80. The van der Waals surface area contributed by atoms with E-state index in [1.807, 2.05) is 42.5 Å². The number of benzene rings is 2. The summed E-state index contributed by atoms with van der Waals surface area (Å²) in [6, 6.07) is 15.4. The Bertz CT molecular complexity index is 739. The van der Waals surface area contributed by atoms with Crippen molar-refractivity contribution in [3.8, 4) is 5.75 Å². The number of carbonyl (C=O) groups is 1. The van der Waals surface area contributed by atoms with Gasteiger partial charge < -0.3 is 15.8 Å². The van der Waals surface area contributed by atoms with Crippen LogP contribution in [-0.2, 0) is 4.79 Å². The van der Waals surface area contributed by atoms with Gasteiger partial charge in [-0.25, -0.2) is 0 Å². The van der Waals surface area contributed by atoms with Crippen LogP contribution in [0.1, 0.15) is 5.56 Å². The lowest BCUT2D eigenvalue weighted by Gasteiger charge is -2.22. The van der Waals surface area contributed by atoms with Crippen molar-refractivity contribution in [2.24, 2.45) is 5.73 Å². The topological polar surface area (TPSA) is 64.3 Å². The van der Waals surface area contributed by atoms with Crippen LogP contribution in [0.25, 0.3) is 5.57 Å². The molecule has 2 aromatic rings. The standard InChI is InChI=1S/C17H16N2O2S/c1-21-12-8-6-11(7-9-12)16(17(18)20)14-10-22-15-5-3-2-4-13(15)19-14/h2-9,19H,10H2,1H3,(H2,18,20). The minimum atomic E-state index is -0.437. The molecule has 1 aliphatic heterocycles. The van der Waals surface area contributed by atoms with Gasteiger partial charge in [0.2, 0.25) is 0 Å². The van der Waals surface area contributed by atoms with Gasteiger partial charge in [-0.2, -0.15) is 0 Å². The fourth-order valence-electron chi connectivity index (χ4n) is 2.40. The number of primary amides is 1. The van der Waals surface area contributed by atoms with Crippen LogP contribution >= 0.6 is 11.8 Å². The summed E-state index contributed by atoms with van der Waals surface area (Å²) in [4.78, 5) is 13.1. The molecule has 0 aromatic heterocycles. The van der Waals surface area contributed by atoms with Gasteiger partial charge in [-0.15, -0.1) is 11.8 Å². The predicted molar refractivity (Wildman–Crippen MR) is 89.9 cm³/mol. The minimum Gasteiger partial charge on any atom is -0.497 e. The highest BCUT2D eigenvalue weighted by molar-refractivity contribution is 7.99. The van der Waals surface area contributed by atoms with E-state index in [0.717, 1.165) is 22.7 Å². The molecular weight excluding hydrogens is 296 g/mol. The number of anilines is 1. The van der Waals surface area contributed by atoms with E-state index in [1.54, 1.807) is 18.9 Å². The third-order valence-electron chi connectivity index (χ3n) is 3.47. The number of hydrogen-bond donors (Lipinski definition) is 2. The van der Waals surface area contributed by atoms with Gasteiger partial charge >= 0.3 is 0 Å². The van der Waals surface area contributed by atoms with Crippen molar-refractivity contribution in [1.29, 1.82) is 0 Å². The van der Waals surface area contributed by atoms with Crippen LogP contribution in [0.15, 0.2) is 59.1 Å². The third-order valence-corrected chi connectivity index (χ3v) is 4.57. The molecule has 1 amide bonds. The molecule has 0 radical (unpaired) electrons. The summed E-state index contributed by atoms with van der Waals surface area (Å²) in [6.45, 7) is 0. The van der Waals surface area contributed by atoms with Gasteiger partial charge in [0.1, 0.15) is 5.75 Å². The number of thioether (sulfide) groups is 1. The molecule has 3 rings (SSSR count). The lowest BCUT2D eigenvalue weighted by Crippen LogP contribution is -2.20. The highest BCUT2D eigenvalue weighted by atomic mass is 32.2. The van der Waals surface area contributed by atoms with E-state index in [2.05, 4.69) is 11.4 Å². The molecule has 0 saturated carbocycles. The predicted octanol–water partition coefficient (Wildman–Crippen LogP) is 3.11. The minimum absolute atomic E-state index is 0.437. The molecule has 1 heterocycles. The smallest absolute Gasteiger partial charge is 0.251 e. The van der Waals surface area contributed by atoms with E-state index in [-0.39, 0.29) is 0 Å². The van der Waals surface area contributed by atoms with E-state index >= 15 is 0 Å². The van der Waals surface area contributed by atoms with Gasteiger partial charge in [-0.1, -0.05) is 24.3 Å². The molecule has 0 fully saturated rings. The molecule has 0 bridgehead atoms. The number of para-hydroxylation sites is 1. The highest BCUT2D eigenvalue weighted by Crippen LogP contribution is 2.36. The second kappa shape index (κ2) is 6.15. The van der Waals surface area contributed by atoms with Crippen LogP contribution in [0, 0.1) is 0 Å². The van der Waals surface area contributed by atoms with Gasteiger partial charge in [-0.3, -0.25) is 4.79 Å². The summed E-state index contributed by atoms with van der Waals surface area (Å²) in [5, 5.41) is 3.33. The zero-order valence-electron chi connectivity index (χ0n) is 12.1. The lowest BCUT2D eigenvalue weighted by molar-refractivity contribution is -0.112. The van der Waals surface area contributed by atoms with Crippen molar-refractivity contribution < 1.29 is 9.53 Å². The number of hydrogen-bond acceptors (Lipinski definition) is 4. The highest BCUT2D eigenvalue weighted by Gasteiger charge is 2.20. The molecule has 0 aliphatic carbocycles. The van der Waals surface area contributed by atoms with Gasteiger partial charge in [0.25, 0.3) is 5.91 Å². The average Bonchev–Trinajstić information content (AvgIpc) is 2.55. The Morgan fingerprint density at radius 2 is 1.91 bits per heavy atom. The Balaban J connectivity index is 2.02. The molecule has 1 aliphatic rings. The summed E-state index contributed by atoms with van der Waals surface area (Å²) in [6.07, 6.45) is 0. The molecule has 0 spiro atoms. The van der Waals surface area contributed by atoms with Crippen molar-refractivity contribution >= 4 is 28.9 Å². The van der Waals surface area contributed by atoms with Crippen molar-refractivity contribution in [2.75, 3.05) is 18.2 Å². The zero-order valence-corrected chi connectivity index (χ0v) is 12.9. The Labute approximate surface area is 133 Å². The molecule has 0 saturated heterocycles. The number of ether oxygens (including phenoxy) is 1. The SMILES string of the molecule is COc1ccc(C(C(N)=O)=C2CSc3ccccc3N2)cc1. The summed E-state index contributed by atoms with van der Waals surface area (Å²) in [5.74, 6) is 0.989. The number of rotatable bonds is 3. The first kappa shape index (κ1) is 14.5. The Hall–Kier alpha value is -2.40. The van der Waals surface area contributed by atoms with Crippen LogP contribution in [0.2, 0.25) is 0 Å². The second-order valence-corrected chi connectivity index (χ2v) is 5.87. The zero-order chi connectivity index (χ0) is 15.5. The maximum Gasteiger partial charge on any atom is 0.251 e. The van der Waals surface area contributed by atoms with E-state index in [9.17, 15) is 4.79 Å². The van der Waals surface area contributed by atoms with Crippen molar-refractivity contribution in [3.05, 3.63) is 59.8 Å². The van der Waals surface area contributed by atoms with E-state index in [1.165, 1.54) is 4.90 Å². The first-order chi connectivity index (χ1) is 10.7. The maximum absolute atomic E-state index is 11.9. The van der Waals surface area contributed by atoms with Crippen molar-refractivity contribution in [2.45, 2.75) is 4.90 Å². The first-order valence-electron chi connectivity index (χ1n) is 6.85. The average molecular weight is 312 g/mol. The number of amides is 1. The fraction of sp³-hybridized carbons (Fsp3) is 0.118. The fourth-order valence-corrected chi connectivity index (χ4v) is 3.37. The summed E-state index contributed by atoms with van der Waals surface area (Å²) < 4.78 is 5.15. The first-order valence-corrected chi connectivity index (χ1v) is 7.84. The molecule has 2 aromatic carbocycles. The number of nitrogens with one attached hydrogen (secondary N) is 1. The van der Waals surface area contributed by atoms with Crippen molar-refractivity contribution in [3.63, 3.8) is 0 Å². The van der Waals surface area contributed by atoms with E-state index in [0.29, 0.717) is 11.3 Å². The molecule has 112 valence electrons. The monoisotopic (exact) mass is 312 g/mol. The lowest BCUT2D eigenvalue weighted by atomic mass is 10.0. The Morgan fingerprint density at radius 1 is 1.18 bits per heavy atom. The quantitative estimate of drug-likeness (QED) is 0.855. The molecule has 3 N–H and O–H groups in total. The second-order valence-electron chi connectivity index (χ2n) is 4.86.